The van der Waals surface area contributed by atoms with E-state index in [0.29, 0.717) is 5.84 Å². The second-order valence-electron chi connectivity index (χ2n) is 13.4. The van der Waals surface area contributed by atoms with E-state index >= 15 is 0 Å². The number of fused-ring (bicyclic) bond motifs is 9. The highest BCUT2D eigenvalue weighted by atomic mass is 16.3. The fourth-order valence-corrected chi connectivity index (χ4v) is 7.80. The van der Waals surface area contributed by atoms with Gasteiger partial charge in [-0.05, 0) is 75.1 Å². The summed E-state index contributed by atoms with van der Waals surface area (Å²) in [7, 11) is 0. The molecule has 0 amide bonds. The molecule has 0 saturated carbocycles. The molecule has 0 radical (unpaired) electrons. The molecule has 1 atom stereocenters. The molecular formula is C47H29N3O2. The number of amidine groups is 2. The Kier molecular flexibility index (Phi) is 6.25. The maximum Gasteiger partial charge on any atom is 0.159 e. The van der Waals surface area contributed by atoms with Crippen molar-refractivity contribution in [3.8, 4) is 11.1 Å². The van der Waals surface area contributed by atoms with Crippen molar-refractivity contribution in [2.45, 2.75) is 6.17 Å². The van der Waals surface area contributed by atoms with E-state index in [-0.39, 0.29) is 0 Å². The molecule has 5 heteroatoms. The van der Waals surface area contributed by atoms with E-state index < -0.39 is 6.17 Å². The van der Waals surface area contributed by atoms with Crippen LogP contribution in [0.25, 0.3) is 76.5 Å². The topological polar surface area (TPSA) is 63.0 Å². The highest BCUT2D eigenvalue weighted by Crippen LogP contribution is 2.40. The summed E-state index contributed by atoms with van der Waals surface area (Å²) in [5.74, 6) is 1.47. The first-order valence-corrected chi connectivity index (χ1v) is 17.5. The highest BCUT2D eigenvalue weighted by Gasteiger charge is 2.25. The van der Waals surface area contributed by atoms with Crippen LogP contribution in [-0.2, 0) is 0 Å². The van der Waals surface area contributed by atoms with Crippen LogP contribution in [0.3, 0.4) is 0 Å². The Morgan fingerprint density at radius 2 is 1.06 bits per heavy atom. The molecule has 0 fully saturated rings. The molecule has 1 aliphatic rings. The SMILES string of the molecule is c1ccc(C2=NC(c3cccc4oc5ccc(-c6ccc7oc8ccc9ccccc9c8c7c6)cc5c34)NC(c3ccc4ccccc4c3)=N2)cc1. The van der Waals surface area contributed by atoms with E-state index in [0.717, 1.165) is 82.9 Å². The first kappa shape index (κ1) is 28.8. The molecule has 1 N–H and O–H groups in total. The van der Waals surface area contributed by atoms with E-state index in [4.69, 9.17) is 18.8 Å². The Morgan fingerprint density at radius 1 is 0.423 bits per heavy atom. The van der Waals surface area contributed by atoms with Crippen LogP contribution in [0.5, 0.6) is 0 Å². The Balaban J connectivity index is 1.06. The molecule has 3 heterocycles. The predicted molar refractivity (Wildman–Crippen MR) is 213 cm³/mol. The van der Waals surface area contributed by atoms with Gasteiger partial charge in [-0.1, -0.05) is 121 Å². The van der Waals surface area contributed by atoms with E-state index in [1.54, 1.807) is 0 Å². The number of rotatable bonds is 4. The van der Waals surface area contributed by atoms with Crippen molar-refractivity contribution in [1.29, 1.82) is 0 Å². The molecule has 0 aliphatic carbocycles. The summed E-state index contributed by atoms with van der Waals surface area (Å²) in [5.41, 5.74) is 8.65. The fourth-order valence-electron chi connectivity index (χ4n) is 7.80. The van der Waals surface area contributed by atoms with Gasteiger partial charge in [0.25, 0.3) is 0 Å². The summed E-state index contributed by atoms with van der Waals surface area (Å²) in [6.07, 6.45) is -0.399. The van der Waals surface area contributed by atoms with Crippen LogP contribution in [0.15, 0.2) is 183 Å². The van der Waals surface area contributed by atoms with Gasteiger partial charge in [0.2, 0.25) is 0 Å². The fraction of sp³-hybridized carbons (Fsp3) is 0.0213. The first-order valence-electron chi connectivity index (χ1n) is 17.5. The van der Waals surface area contributed by atoms with E-state index in [1.807, 2.05) is 30.3 Å². The standard InChI is InChI=1S/C47H29N3O2/c1-2-11-30(12-3-1)45-48-46(34-18-17-28-9-4-5-13-31(28)25-34)50-47(49-45)36-15-8-16-41-44(36)38-27-33(21-23-40(38)51-41)32-20-22-39-37(26-32)43-35-14-7-6-10-29(35)19-24-42(43)52-39/h1-27,47H,(H,48,49,50). The summed E-state index contributed by atoms with van der Waals surface area (Å²) in [6.45, 7) is 0. The van der Waals surface area contributed by atoms with Gasteiger partial charge in [-0.2, -0.15) is 0 Å². The number of nitrogens with one attached hydrogen (secondary N) is 1. The van der Waals surface area contributed by atoms with Crippen molar-refractivity contribution in [1.82, 2.24) is 5.32 Å². The normalized spacial score (nSPS) is 14.7. The molecule has 244 valence electrons. The zero-order valence-electron chi connectivity index (χ0n) is 27.9. The van der Waals surface area contributed by atoms with Crippen LogP contribution < -0.4 is 5.32 Å². The van der Waals surface area contributed by atoms with Crippen LogP contribution in [0.4, 0.5) is 0 Å². The number of nitrogens with zero attached hydrogens (tertiary/aromatic N) is 2. The van der Waals surface area contributed by atoms with Crippen LogP contribution in [0, 0.1) is 0 Å². The third kappa shape index (κ3) is 4.56. The molecule has 0 bridgehead atoms. The Hall–Kier alpha value is -6.98. The zero-order valence-corrected chi connectivity index (χ0v) is 27.9. The molecule has 52 heavy (non-hydrogen) atoms. The van der Waals surface area contributed by atoms with E-state index in [9.17, 15) is 0 Å². The average Bonchev–Trinajstić information content (AvgIpc) is 3.79. The van der Waals surface area contributed by atoms with E-state index in [2.05, 4.69) is 139 Å². The smallest absolute Gasteiger partial charge is 0.159 e. The molecule has 0 spiro atoms. The second kappa shape index (κ2) is 11.3. The maximum atomic E-state index is 6.49. The summed E-state index contributed by atoms with van der Waals surface area (Å²) in [6, 6.07) is 56.9. The van der Waals surface area contributed by atoms with Gasteiger partial charge in [-0.25, -0.2) is 9.98 Å². The lowest BCUT2D eigenvalue weighted by Gasteiger charge is -2.24. The van der Waals surface area contributed by atoms with Crippen molar-refractivity contribution >= 4 is 77.1 Å². The molecule has 8 aromatic carbocycles. The molecule has 2 aromatic heterocycles. The lowest BCUT2D eigenvalue weighted by Crippen LogP contribution is -2.33. The lowest BCUT2D eigenvalue weighted by atomic mass is 9.97. The highest BCUT2D eigenvalue weighted by molar-refractivity contribution is 6.19. The van der Waals surface area contributed by atoms with Crippen molar-refractivity contribution in [3.63, 3.8) is 0 Å². The average molecular weight is 668 g/mol. The third-order valence-corrected chi connectivity index (χ3v) is 10.3. The van der Waals surface area contributed by atoms with Gasteiger partial charge in [0.05, 0.1) is 0 Å². The van der Waals surface area contributed by atoms with Gasteiger partial charge in [0.1, 0.15) is 34.3 Å². The third-order valence-electron chi connectivity index (χ3n) is 10.3. The minimum Gasteiger partial charge on any atom is -0.456 e. The van der Waals surface area contributed by atoms with E-state index in [1.165, 1.54) is 16.2 Å². The number of hydrogen-bond acceptors (Lipinski definition) is 5. The van der Waals surface area contributed by atoms with Gasteiger partial charge >= 0.3 is 0 Å². The molecule has 10 aromatic rings. The summed E-state index contributed by atoms with van der Waals surface area (Å²) >= 11 is 0. The van der Waals surface area contributed by atoms with Crippen molar-refractivity contribution < 1.29 is 8.83 Å². The van der Waals surface area contributed by atoms with Crippen LogP contribution in [-0.4, -0.2) is 11.7 Å². The van der Waals surface area contributed by atoms with Crippen LogP contribution in [0.1, 0.15) is 22.9 Å². The molecule has 1 unspecified atom stereocenters. The van der Waals surface area contributed by atoms with Gasteiger partial charge < -0.3 is 14.2 Å². The minimum absolute atomic E-state index is 0.399. The number of hydrogen-bond donors (Lipinski definition) is 1. The Labute approximate surface area is 298 Å². The van der Waals surface area contributed by atoms with Crippen molar-refractivity contribution in [3.05, 3.63) is 180 Å². The summed E-state index contributed by atoms with van der Waals surface area (Å²) < 4.78 is 12.8. The largest absolute Gasteiger partial charge is 0.456 e. The van der Waals surface area contributed by atoms with Gasteiger partial charge in [0, 0.05) is 38.2 Å². The Bertz CT molecular complexity index is 3110. The van der Waals surface area contributed by atoms with Crippen molar-refractivity contribution in [2.24, 2.45) is 9.98 Å². The monoisotopic (exact) mass is 667 g/mol. The van der Waals surface area contributed by atoms with Gasteiger partial charge in [0.15, 0.2) is 5.84 Å². The number of benzene rings is 8. The number of aliphatic imine (C=N–C) groups is 2. The molecule has 11 rings (SSSR count). The quantitative estimate of drug-likeness (QED) is 0.203. The van der Waals surface area contributed by atoms with Crippen LogP contribution >= 0.6 is 0 Å². The summed E-state index contributed by atoms with van der Waals surface area (Å²) in [4.78, 5) is 10.3. The molecule has 0 saturated heterocycles. The second-order valence-corrected chi connectivity index (χ2v) is 13.4. The zero-order chi connectivity index (χ0) is 34.2. The molecule has 5 nitrogen and oxygen atoms in total. The predicted octanol–water partition coefficient (Wildman–Crippen LogP) is 12.0. The summed E-state index contributed by atoms with van der Waals surface area (Å²) in [5, 5.41) is 12.8. The number of furan rings is 2. The first-order chi connectivity index (χ1) is 25.7. The van der Waals surface area contributed by atoms with Gasteiger partial charge in [-0.3, -0.25) is 0 Å². The van der Waals surface area contributed by atoms with Crippen molar-refractivity contribution in [2.75, 3.05) is 0 Å². The Morgan fingerprint density at radius 3 is 1.87 bits per heavy atom. The van der Waals surface area contributed by atoms with Crippen LogP contribution in [0.2, 0.25) is 0 Å². The molecular weight excluding hydrogens is 639 g/mol. The lowest BCUT2D eigenvalue weighted by molar-refractivity contribution is 0.662. The minimum atomic E-state index is -0.399. The van der Waals surface area contributed by atoms with Gasteiger partial charge in [-0.15, -0.1) is 0 Å². The molecule has 1 aliphatic heterocycles. The maximum absolute atomic E-state index is 6.49.